The van der Waals surface area contributed by atoms with Crippen molar-refractivity contribution in [2.24, 2.45) is 10.9 Å². The Bertz CT molecular complexity index is 1560. The molecule has 6 rings (SSSR count). The van der Waals surface area contributed by atoms with Crippen LogP contribution in [0.4, 0.5) is 5.69 Å². The van der Waals surface area contributed by atoms with Crippen molar-refractivity contribution in [1.29, 1.82) is 0 Å². The highest BCUT2D eigenvalue weighted by Gasteiger charge is 2.53. The third-order valence-corrected chi connectivity index (χ3v) is 7.79. The zero-order chi connectivity index (χ0) is 22.4. The molecule has 2 bridgehead atoms. The van der Waals surface area contributed by atoms with Crippen LogP contribution in [0.2, 0.25) is 0 Å². The molecule has 0 saturated heterocycles. The average Bonchev–Trinajstić information content (AvgIpc) is 3.21. The first-order chi connectivity index (χ1) is 15.3. The monoisotopic (exact) mass is 509 g/mol. The average molecular weight is 510 g/mol. The van der Waals surface area contributed by atoms with Crippen LogP contribution >= 0.6 is 27.3 Å². The number of amides is 1. The molecule has 3 aromatic rings. The highest BCUT2D eigenvalue weighted by atomic mass is 79.9. The van der Waals surface area contributed by atoms with Gasteiger partial charge in [0.05, 0.1) is 11.6 Å². The Kier molecular flexibility index (Phi) is 3.98. The fourth-order valence-corrected chi connectivity index (χ4v) is 6.53. The summed E-state index contributed by atoms with van der Waals surface area (Å²) >= 11 is 4.60. The smallest absolute Gasteiger partial charge is 0.271 e. The number of thiazole rings is 1. The molecule has 3 aliphatic heterocycles. The fraction of sp³-hybridized carbons (Fsp3) is 0.217. The minimum atomic E-state index is -1.14. The Labute approximate surface area is 194 Å². The molecule has 32 heavy (non-hydrogen) atoms. The van der Waals surface area contributed by atoms with Gasteiger partial charge in [-0.1, -0.05) is 45.5 Å². The van der Waals surface area contributed by atoms with Crippen LogP contribution < -0.4 is 24.9 Å². The predicted molar refractivity (Wildman–Crippen MR) is 122 cm³/mol. The van der Waals surface area contributed by atoms with Crippen LogP contribution in [0.25, 0.3) is 5.57 Å². The predicted octanol–water partition coefficient (Wildman–Crippen LogP) is 2.36. The Hall–Kier alpha value is -3.04. The number of hydrogen-bond acceptors (Lipinski definition) is 6. The van der Waals surface area contributed by atoms with Crippen molar-refractivity contribution >= 4 is 50.2 Å². The van der Waals surface area contributed by atoms with E-state index in [1.165, 1.54) is 6.92 Å². The normalized spacial score (nSPS) is 26.3. The van der Waals surface area contributed by atoms with Gasteiger partial charge >= 0.3 is 0 Å². The molecule has 0 fully saturated rings. The van der Waals surface area contributed by atoms with Gasteiger partial charge in [0.25, 0.3) is 11.5 Å². The first-order valence-electron chi connectivity index (χ1n) is 10.0. The lowest BCUT2D eigenvalue weighted by Gasteiger charge is -2.45. The van der Waals surface area contributed by atoms with E-state index in [0.29, 0.717) is 31.9 Å². The number of hydrogen-bond donors (Lipinski definition) is 1. The number of anilines is 1. The molecule has 9 heteroatoms. The Morgan fingerprint density at radius 3 is 2.81 bits per heavy atom. The third kappa shape index (κ3) is 2.52. The van der Waals surface area contributed by atoms with E-state index in [1.807, 2.05) is 36.4 Å². The second kappa shape index (κ2) is 6.49. The number of carbonyl (C=O) groups is 2. The van der Waals surface area contributed by atoms with Crippen molar-refractivity contribution in [2.75, 3.05) is 5.32 Å². The van der Waals surface area contributed by atoms with E-state index in [-0.39, 0.29) is 17.2 Å². The number of carbonyl (C=O) groups excluding carboxylic acids is 2. The van der Waals surface area contributed by atoms with Gasteiger partial charge in [0, 0.05) is 21.3 Å². The number of ketones is 1. The van der Waals surface area contributed by atoms with Gasteiger partial charge < -0.3 is 10.1 Å². The third-order valence-electron chi connectivity index (χ3n) is 6.25. The molecular formula is C23H16BrN3O4S. The van der Waals surface area contributed by atoms with E-state index >= 15 is 0 Å². The first kappa shape index (κ1) is 19.6. The molecule has 0 unspecified atom stereocenters. The quantitative estimate of drug-likeness (QED) is 0.545. The molecule has 3 atom stereocenters. The number of benzene rings is 2. The van der Waals surface area contributed by atoms with E-state index in [2.05, 4.69) is 21.2 Å². The number of Topliss-reactive ketones (excluding diaryl/α,β-unsaturated/α-hetero) is 1. The Morgan fingerprint density at radius 2 is 2.03 bits per heavy atom. The number of nitrogens with one attached hydrogen (secondary N) is 1. The Balaban J connectivity index is 1.72. The number of rotatable bonds is 1. The number of halogens is 1. The summed E-state index contributed by atoms with van der Waals surface area (Å²) in [6.07, 6.45) is 0. The number of para-hydroxylation sites is 1. The molecule has 3 aliphatic rings. The fourth-order valence-electron chi connectivity index (χ4n) is 4.97. The molecule has 1 amide bonds. The van der Waals surface area contributed by atoms with Crippen molar-refractivity contribution < 1.29 is 14.3 Å². The van der Waals surface area contributed by atoms with E-state index < -0.39 is 17.7 Å². The van der Waals surface area contributed by atoms with E-state index in [9.17, 15) is 14.4 Å². The maximum atomic E-state index is 13.8. The Morgan fingerprint density at radius 1 is 1.25 bits per heavy atom. The van der Waals surface area contributed by atoms with Crippen molar-refractivity contribution in [3.05, 3.63) is 77.8 Å². The van der Waals surface area contributed by atoms with E-state index in [1.54, 1.807) is 17.6 Å². The summed E-state index contributed by atoms with van der Waals surface area (Å²) in [5.74, 6) is -0.495. The van der Waals surface area contributed by atoms with Gasteiger partial charge in [0.2, 0.25) is 5.72 Å². The zero-order valence-corrected chi connectivity index (χ0v) is 19.4. The number of aromatic nitrogens is 1. The molecule has 0 radical (unpaired) electrons. The molecule has 1 N–H and O–H groups in total. The van der Waals surface area contributed by atoms with E-state index in [0.717, 1.165) is 21.4 Å². The van der Waals surface area contributed by atoms with Crippen LogP contribution in [0.3, 0.4) is 0 Å². The molecule has 160 valence electrons. The van der Waals surface area contributed by atoms with Gasteiger partial charge in [-0.15, -0.1) is 0 Å². The summed E-state index contributed by atoms with van der Waals surface area (Å²) in [6, 6.07) is 12.3. The summed E-state index contributed by atoms with van der Waals surface area (Å²) < 4.78 is 8.87. The van der Waals surface area contributed by atoms with Crippen LogP contribution in [0.15, 0.2) is 56.7 Å². The van der Waals surface area contributed by atoms with Crippen LogP contribution in [-0.2, 0) is 9.59 Å². The van der Waals surface area contributed by atoms with Crippen LogP contribution in [0, 0.1) is 5.92 Å². The summed E-state index contributed by atoms with van der Waals surface area (Å²) in [7, 11) is 0. The van der Waals surface area contributed by atoms with Crippen molar-refractivity contribution in [1.82, 2.24) is 4.57 Å². The molecule has 1 aromatic heterocycles. The second-order valence-corrected chi connectivity index (χ2v) is 10.1. The SMILES string of the molecule is CC(=O)[C@H]1[C@@H]2c3ccccc3O[C@]1(C)N=c1s/c(=C3/C(=O)Nc4ccc(Br)cc43)c(=O)n12. The first-order valence-corrected chi connectivity index (χ1v) is 11.6. The standard InChI is InChI=1S/C23H16BrN3O4S/c1-10(28)17-18-12-5-3-4-6-15(12)31-23(17,2)26-22-27(18)21(30)19(32-22)16-13-9-11(24)7-8-14(13)25-20(16)29/h3-9,17-18H,1-2H3,(H,25,29)/b19-16+/t17-,18-,23-/m0/s1. The van der Waals surface area contributed by atoms with Crippen molar-refractivity contribution in [3.8, 4) is 5.75 Å². The molecule has 4 heterocycles. The van der Waals surface area contributed by atoms with Crippen LogP contribution in [0.5, 0.6) is 5.75 Å². The van der Waals surface area contributed by atoms with Crippen LogP contribution in [0.1, 0.15) is 31.0 Å². The lowest BCUT2D eigenvalue weighted by molar-refractivity contribution is -0.132. The summed E-state index contributed by atoms with van der Waals surface area (Å²) in [6.45, 7) is 3.27. The summed E-state index contributed by atoms with van der Waals surface area (Å²) in [5, 5.41) is 2.83. The number of nitrogens with zero attached hydrogens (tertiary/aromatic N) is 2. The topological polar surface area (TPSA) is 89.8 Å². The van der Waals surface area contributed by atoms with Gasteiger partial charge in [0.15, 0.2) is 4.80 Å². The minimum absolute atomic E-state index is 0.110. The lowest BCUT2D eigenvalue weighted by Crippen LogP contribution is -2.58. The van der Waals surface area contributed by atoms with Gasteiger partial charge in [-0.05, 0) is 38.1 Å². The molecule has 0 spiro atoms. The number of ether oxygens (including phenoxy) is 1. The van der Waals surface area contributed by atoms with Gasteiger partial charge in [-0.25, -0.2) is 4.99 Å². The molecule has 7 nitrogen and oxygen atoms in total. The lowest BCUT2D eigenvalue weighted by atomic mass is 9.79. The van der Waals surface area contributed by atoms with E-state index in [4.69, 9.17) is 9.73 Å². The second-order valence-electron chi connectivity index (χ2n) is 8.25. The van der Waals surface area contributed by atoms with Crippen molar-refractivity contribution in [3.63, 3.8) is 0 Å². The van der Waals surface area contributed by atoms with Gasteiger partial charge in [-0.2, -0.15) is 0 Å². The van der Waals surface area contributed by atoms with Crippen LogP contribution in [-0.4, -0.2) is 22.0 Å². The molecule has 2 aromatic carbocycles. The molecule has 0 aliphatic carbocycles. The maximum Gasteiger partial charge on any atom is 0.271 e. The highest BCUT2D eigenvalue weighted by Crippen LogP contribution is 2.47. The van der Waals surface area contributed by atoms with Crippen molar-refractivity contribution in [2.45, 2.75) is 25.6 Å². The van der Waals surface area contributed by atoms with Gasteiger partial charge in [0.1, 0.15) is 22.0 Å². The summed E-state index contributed by atoms with van der Waals surface area (Å²) in [4.78, 5) is 44.5. The maximum absolute atomic E-state index is 13.8. The molecular weight excluding hydrogens is 494 g/mol. The minimum Gasteiger partial charge on any atom is -0.465 e. The van der Waals surface area contributed by atoms with Gasteiger partial charge in [-0.3, -0.25) is 19.0 Å². The zero-order valence-electron chi connectivity index (χ0n) is 17.0. The number of fused-ring (bicyclic) bond motifs is 7. The largest absolute Gasteiger partial charge is 0.465 e. The summed E-state index contributed by atoms with van der Waals surface area (Å²) in [5.41, 5.74) is 0.930. The highest BCUT2D eigenvalue weighted by molar-refractivity contribution is 9.10. The molecule has 0 saturated carbocycles.